The number of benzene rings is 1. The molecule has 2 aromatic rings. The molecule has 1 heterocycles. The zero-order chi connectivity index (χ0) is 26.5. The fourth-order valence-corrected chi connectivity index (χ4v) is 3.70. The molecular weight excluding hydrogens is 565 g/mol. The third-order valence-corrected chi connectivity index (χ3v) is 5.61. The number of nitrogens with zero attached hydrogens (tertiary/aromatic N) is 2. The van der Waals surface area contributed by atoms with Crippen molar-refractivity contribution in [2.45, 2.75) is 66.0 Å². The molecule has 0 bridgehead atoms. The van der Waals surface area contributed by atoms with E-state index in [1.807, 2.05) is 26.0 Å². The van der Waals surface area contributed by atoms with Gasteiger partial charge < -0.3 is 25.3 Å². The van der Waals surface area contributed by atoms with Gasteiger partial charge in [-0.3, -0.25) is 10.1 Å². The quantitative estimate of drug-likeness (QED) is 0.358. The van der Waals surface area contributed by atoms with Crippen molar-refractivity contribution in [3.05, 3.63) is 27.5 Å². The Bertz CT molecular complexity index is 1070. The summed E-state index contributed by atoms with van der Waals surface area (Å²) in [6, 6.07) is 2.93. The number of anilines is 2. The maximum atomic E-state index is 12.8. The summed E-state index contributed by atoms with van der Waals surface area (Å²) in [7, 11) is 1.62. The Morgan fingerprint density at radius 1 is 1.09 bits per heavy atom. The SMILES string of the molecule is COc1cc(C(C)C)c(Oc2cnc(NC(=O)C(NC(=O)OC(C)(C)C)C(C)C)nc2N)cc1I. The molecule has 0 spiro atoms. The van der Waals surface area contributed by atoms with Crippen LogP contribution >= 0.6 is 22.6 Å². The number of nitrogens with two attached hydrogens (primary N) is 1. The number of ether oxygens (including phenoxy) is 3. The first-order chi connectivity index (χ1) is 16.2. The van der Waals surface area contributed by atoms with Crippen LogP contribution in [0.2, 0.25) is 0 Å². The molecule has 2 rings (SSSR count). The van der Waals surface area contributed by atoms with Crippen LogP contribution in [0.3, 0.4) is 0 Å². The Hall–Kier alpha value is -2.83. The van der Waals surface area contributed by atoms with Crippen molar-refractivity contribution in [2.24, 2.45) is 5.92 Å². The van der Waals surface area contributed by atoms with Gasteiger partial charge in [0.05, 0.1) is 16.9 Å². The number of nitrogen functional groups attached to an aromatic ring is 1. The van der Waals surface area contributed by atoms with Crippen molar-refractivity contribution < 1.29 is 23.8 Å². The highest BCUT2D eigenvalue weighted by Gasteiger charge is 2.27. The fourth-order valence-electron chi connectivity index (χ4n) is 3.05. The first-order valence-corrected chi connectivity index (χ1v) is 12.3. The van der Waals surface area contributed by atoms with Crippen molar-refractivity contribution in [3.8, 4) is 17.2 Å². The van der Waals surface area contributed by atoms with Gasteiger partial charge in [0.15, 0.2) is 11.6 Å². The number of hydrogen-bond acceptors (Lipinski definition) is 8. The van der Waals surface area contributed by atoms with Crippen LogP contribution in [0.5, 0.6) is 17.2 Å². The van der Waals surface area contributed by atoms with Crippen LogP contribution in [0, 0.1) is 9.49 Å². The number of hydrogen-bond donors (Lipinski definition) is 3. The Kier molecular flexibility index (Phi) is 9.52. The van der Waals surface area contributed by atoms with E-state index >= 15 is 0 Å². The molecule has 35 heavy (non-hydrogen) atoms. The van der Waals surface area contributed by atoms with Gasteiger partial charge in [-0.2, -0.15) is 4.98 Å². The lowest BCUT2D eigenvalue weighted by Crippen LogP contribution is -2.48. The average molecular weight is 599 g/mol. The van der Waals surface area contributed by atoms with E-state index < -0.39 is 23.6 Å². The molecule has 2 amide bonds. The summed E-state index contributed by atoms with van der Waals surface area (Å²) in [4.78, 5) is 33.3. The normalized spacial score (nSPS) is 12.3. The molecule has 10 nitrogen and oxygen atoms in total. The van der Waals surface area contributed by atoms with E-state index in [1.165, 1.54) is 6.20 Å². The summed E-state index contributed by atoms with van der Waals surface area (Å²) < 4.78 is 17.6. The fraction of sp³-hybridized carbons (Fsp3) is 0.500. The summed E-state index contributed by atoms with van der Waals surface area (Å²) in [5.74, 6) is 1.12. The molecule has 1 unspecified atom stereocenters. The summed E-state index contributed by atoms with van der Waals surface area (Å²) in [5, 5.41) is 5.18. The molecule has 192 valence electrons. The van der Waals surface area contributed by atoms with E-state index in [0.717, 1.165) is 14.9 Å². The van der Waals surface area contributed by atoms with Gasteiger partial charge in [0.25, 0.3) is 0 Å². The predicted octanol–water partition coefficient (Wildman–Crippen LogP) is 5.08. The maximum absolute atomic E-state index is 12.8. The molecule has 0 aliphatic carbocycles. The van der Waals surface area contributed by atoms with E-state index in [2.05, 4.69) is 43.2 Å². The number of halogens is 1. The van der Waals surface area contributed by atoms with Crippen molar-refractivity contribution in [1.82, 2.24) is 15.3 Å². The van der Waals surface area contributed by atoms with Crippen LogP contribution in [-0.4, -0.2) is 40.7 Å². The predicted molar refractivity (Wildman–Crippen MR) is 143 cm³/mol. The van der Waals surface area contributed by atoms with E-state index in [0.29, 0.717) is 5.75 Å². The van der Waals surface area contributed by atoms with Gasteiger partial charge in [-0.25, -0.2) is 9.78 Å². The van der Waals surface area contributed by atoms with Gasteiger partial charge in [0, 0.05) is 5.56 Å². The van der Waals surface area contributed by atoms with Gasteiger partial charge in [-0.15, -0.1) is 0 Å². The molecule has 11 heteroatoms. The maximum Gasteiger partial charge on any atom is 0.408 e. The Labute approximate surface area is 219 Å². The Morgan fingerprint density at radius 3 is 2.26 bits per heavy atom. The molecule has 0 aliphatic rings. The smallest absolute Gasteiger partial charge is 0.408 e. The molecule has 0 saturated carbocycles. The molecule has 0 aliphatic heterocycles. The molecule has 1 aromatic carbocycles. The van der Waals surface area contributed by atoms with Crippen molar-refractivity contribution >= 4 is 46.4 Å². The number of carbonyl (C=O) groups excluding carboxylic acids is 2. The van der Waals surface area contributed by atoms with Crippen LogP contribution in [0.1, 0.15) is 59.9 Å². The molecule has 1 aromatic heterocycles. The van der Waals surface area contributed by atoms with Crippen LogP contribution in [-0.2, 0) is 9.53 Å². The minimum atomic E-state index is -0.861. The number of alkyl carbamates (subject to hydrolysis) is 1. The van der Waals surface area contributed by atoms with E-state index in [-0.39, 0.29) is 29.4 Å². The minimum absolute atomic E-state index is 0.00937. The van der Waals surface area contributed by atoms with Crippen molar-refractivity contribution in [3.63, 3.8) is 0 Å². The molecule has 4 N–H and O–H groups in total. The summed E-state index contributed by atoms with van der Waals surface area (Å²) in [5.41, 5.74) is 6.36. The van der Waals surface area contributed by atoms with Gasteiger partial charge in [-0.1, -0.05) is 27.7 Å². The number of amides is 2. The van der Waals surface area contributed by atoms with Gasteiger partial charge in [0.1, 0.15) is 23.1 Å². The number of rotatable bonds is 8. The minimum Gasteiger partial charge on any atom is -0.496 e. The molecule has 0 saturated heterocycles. The lowest BCUT2D eigenvalue weighted by atomic mass is 10.0. The van der Waals surface area contributed by atoms with Crippen LogP contribution in [0.15, 0.2) is 18.3 Å². The van der Waals surface area contributed by atoms with Crippen molar-refractivity contribution in [2.75, 3.05) is 18.2 Å². The van der Waals surface area contributed by atoms with E-state index in [1.54, 1.807) is 41.7 Å². The summed E-state index contributed by atoms with van der Waals surface area (Å²) in [6.45, 7) is 12.9. The van der Waals surface area contributed by atoms with E-state index in [9.17, 15) is 9.59 Å². The molecule has 0 radical (unpaired) electrons. The van der Waals surface area contributed by atoms with Gasteiger partial charge in [-0.05, 0) is 67.3 Å². The van der Waals surface area contributed by atoms with Gasteiger partial charge in [0.2, 0.25) is 11.9 Å². The first-order valence-electron chi connectivity index (χ1n) is 11.2. The van der Waals surface area contributed by atoms with Crippen molar-refractivity contribution in [1.29, 1.82) is 0 Å². The van der Waals surface area contributed by atoms with Crippen LogP contribution in [0.4, 0.5) is 16.6 Å². The van der Waals surface area contributed by atoms with E-state index in [4.69, 9.17) is 19.9 Å². The average Bonchev–Trinajstić information content (AvgIpc) is 2.72. The largest absolute Gasteiger partial charge is 0.496 e. The highest BCUT2D eigenvalue weighted by Crippen LogP contribution is 2.37. The highest BCUT2D eigenvalue weighted by atomic mass is 127. The Morgan fingerprint density at radius 2 is 1.74 bits per heavy atom. The second-order valence-electron chi connectivity index (χ2n) is 9.58. The lowest BCUT2D eigenvalue weighted by molar-refractivity contribution is -0.119. The van der Waals surface area contributed by atoms with Crippen LogP contribution < -0.4 is 25.8 Å². The zero-order valence-corrected chi connectivity index (χ0v) is 23.5. The number of carbonyl (C=O) groups is 2. The first kappa shape index (κ1) is 28.4. The number of nitrogens with one attached hydrogen (secondary N) is 2. The second-order valence-corrected chi connectivity index (χ2v) is 10.7. The molecular formula is C24H34IN5O5. The van der Waals surface area contributed by atoms with Crippen LogP contribution in [0.25, 0.3) is 0 Å². The lowest BCUT2D eigenvalue weighted by Gasteiger charge is -2.25. The number of aromatic nitrogens is 2. The molecule has 1 atom stereocenters. The third-order valence-electron chi connectivity index (χ3n) is 4.77. The summed E-state index contributed by atoms with van der Waals surface area (Å²) in [6.07, 6.45) is 0.704. The topological polar surface area (TPSA) is 138 Å². The molecule has 0 fully saturated rings. The summed E-state index contributed by atoms with van der Waals surface area (Å²) >= 11 is 2.17. The third kappa shape index (κ3) is 8.11. The highest BCUT2D eigenvalue weighted by molar-refractivity contribution is 14.1. The second kappa shape index (κ2) is 11.7. The van der Waals surface area contributed by atoms with Gasteiger partial charge >= 0.3 is 6.09 Å². The standard InChI is InChI=1S/C24H34IN5O5/c1-12(2)14-9-17(33-8)15(25)10-16(14)34-18-11-27-22(29-20(18)26)30-21(31)19(13(3)4)28-23(32)35-24(5,6)7/h9-13,19H,1-8H3,(H,28,32)(H3,26,27,29,30,31). The zero-order valence-electron chi connectivity index (χ0n) is 21.4. The Balaban J connectivity index is 2.19. The number of methoxy groups -OCH3 is 1. The monoisotopic (exact) mass is 599 g/mol.